The van der Waals surface area contributed by atoms with Gasteiger partial charge in [0.2, 0.25) is 0 Å². The largest absolute Gasteiger partial charge is 3.00 e. The molecule has 18 aliphatic rings. The molecule has 98 heavy (non-hydrogen) atoms. The van der Waals surface area contributed by atoms with Crippen molar-refractivity contribution in [1.29, 1.82) is 0 Å². The maximum atomic E-state index is 13.4. The van der Waals surface area contributed by atoms with E-state index in [0.717, 1.165) is 124 Å². The maximum Gasteiger partial charge on any atom is 3.00 e. The molecule has 8 saturated carbocycles. The summed E-state index contributed by atoms with van der Waals surface area (Å²) in [7, 11) is -24.1. The van der Waals surface area contributed by atoms with Crippen molar-refractivity contribution in [3.63, 3.8) is 0 Å². The van der Waals surface area contributed by atoms with Crippen molar-refractivity contribution in [2.75, 3.05) is 0 Å². The van der Waals surface area contributed by atoms with E-state index in [1.54, 1.807) is 0 Å². The number of fused-ring (bicyclic) bond motifs is 40. The van der Waals surface area contributed by atoms with Gasteiger partial charge in [-0.1, -0.05) is 89.9 Å². The molecule has 16 bridgehead atoms. The zero-order valence-corrected chi connectivity index (χ0v) is 61.9. The summed E-state index contributed by atoms with van der Waals surface area (Å²) in [5.41, 5.74) is 0. The van der Waals surface area contributed by atoms with Crippen LogP contribution in [-0.2, 0) is 40.5 Å². The molecule has 0 spiro atoms. The molecule has 3 radical (unpaired) electrons. The zero-order chi connectivity index (χ0) is 65.9. The summed E-state index contributed by atoms with van der Waals surface area (Å²) >= 11 is 0. The minimum Gasteiger partial charge on any atom is -0.748 e. The van der Waals surface area contributed by atoms with E-state index in [9.17, 15) is 51.9 Å². The third-order valence-electron chi connectivity index (χ3n) is 29.2. The molecule has 10 heterocycles. The molecule has 10 saturated heterocycles. The number of nitrogens with one attached hydrogen (secondary N) is 16. The minimum atomic E-state index is -6.20. The molecule has 28 atom stereocenters. The normalized spacial score (nSPS) is 52.7. The fourth-order valence-corrected chi connectivity index (χ4v) is 32.5. The van der Waals surface area contributed by atoms with Gasteiger partial charge < -0.3 is 13.7 Å². The van der Waals surface area contributed by atoms with E-state index in [1.807, 2.05) is 0 Å². The second-order valence-electron chi connectivity index (χ2n) is 33.6. The molecule has 0 aromatic carbocycles. The van der Waals surface area contributed by atoms with Crippen molar-refractivity contribution in [3.8, 4) is 0 Å². The molecule has 18 fully saturated rings. The Balaban J connectivity index is 0.000000165. The first-order chi connectivity index (χ1) is 46.1. The van der Waals surface area contributed by atoms with E-state index < -0.39 is 98.0 Å². The molecule has 0 amide bonds. The molecule has 10 aliphatic heterocycles. The third-order valence-corrected chi connectivity index (χ3v) is 34.7. The first kappa shape index (κ1) is 73.6. The Bertz CT molecular complexity index is 2970. The van der Waals surface area contributed by atoms with Crippen LogP contribution in [0.2, 0.25) is 0 Å². The Labute approximate surface area is 602 Å². The van der Waals surface area contributed by atoms with E-state index in [-0.39, 0.29) is 83.1 Å². The van der Waals surface area contributed by atoms with Gasteiger partial charge in [0.25, 0.3) is 10.1 Å². The summed E-state index contributed by atoms with van der Waals surface area (Å²) in [6.07, 6.45) is 32.4. The molecule has 28 nitrogen and oxygen atoms in total. The van der Waals surface area contributed by atoms with Crippen LogP contribution < -0.4 is 85.1 Å². The average molecular weight is 1480 g/mol. The SMILES string of the molecule is C1CCC2C3NC(NC4NC(NC5NC(NC6NC(N3)C3CCCCC63)C3CCCCC53)C3CCCCC43)C2C1.O=S(=O)([O-])C1C2C3NC4NC(NC5NC(NC6NC(NC(N3)C2C(S(=O)(=O)O)C(S(=O)(=O)[O-])C1S(=O)(=O)[O-])C1CCCCC61)C1CCCCC51)C1CCCCC41.[Al+3].[Al]. The Kier molecular flexibility index (Phi) is 21.7. The average Bonchev–Trinajstić information content (AvgIpc) is 0.968. The van der Waals surface area contributed by atoms with Gasteiger partial charge in [0.15, 0.2) is 0 Å². The van der Waals surface area contributed by atoms with Crippen LogP contribution >= 0.6 is 0 Å². The predicted octanol–water partition coefficient (Wildman–Crippen LogP) is -1.11. The zero-order valence-electron chi connectivity index (χ0n) is 56.3. The number of hydrogen-bond donors (Lipinski definition) is 17. The van der Waals surface area contributed by atoms with Crippen LogP contribution in [0.5, 0.6) is 0 Å². The third kappa shape index (κ3) is 13.6. The molecular weight excluding hydrogens is 1370 g/mol. The molecular formula is C64H109Al2N16O12S4. The van der Waals surface area contributed by atoms with Crippen LogP contribution in [-0.4, -0.2) is 206 Å². The van der Waals surface area contributed by atoms with Crippen LogP contribution in [0.3, 0.4) is 0 Å². The van der Waals surface area contributed by atoms with Gasteiger partial charge in [0, 0.05) is 29.2 Å². The van der Waals surface area contributed by atoms with Crippen LogP contribution in [0, 0.1) is 94.7 Å². The Morgan fingerprint density at radius 1 is 0.214 bits per heavy atom. The predicted molar refractivity (Wildman–Crippen MR) is 363 cm³/mol. The number of rotatable bonds is 4. The summed E-state index contributed by atoms with van der Waals surface area (Å²) < 4.78 is 155. The van der Waals surface area contributed by atoms with Gasteiger partial charge >= 0.3 is 17.4 Å². The van der Waals surface area contributed by atoms with Gasteiger partial charge in [-0.05, 0) is 173 Å². The van der Waals surface area contributed by atoms with Gasteiger partial charge in [0.1, 0.15) is 25.5 Å². The van der Waals surface area contributed by atoms with Crippen LogP contribution in [0.25, 0.3) is 0 Å². The fourth-order valence-electron chi connectivity index (χ4n) is 25.3. The van der Waals surface area contributed by atoms with Crippen LogP contribution in [0.4, 0.5) is 0 Å². The summed E-state index contributed by atoms with van der Waals surface area (Å²) in [6, 6.07) is 0. The quantitative estimate of drug-likeness (QED) is 0.117. The molecule has 18 rings (SSSR count). The standard InChI is InChI=1S/C32H56N8O12S4.C32H56N8.2Al/c41-53(42,43)21-19-20(22(54(44,45)46)24(56(50,51)52)23(21)55(47,48)49)32-39-30-18-12-6-4-10-16(18)28(37-30)35-26-14-8-2-1-7-13(14)25(33-26)34-27-15-9-3-5-11-17(15)29(36-27)38-31(19)40-32;1-2-10-18-17(9-1)25-33-26(18)38-28-21-13-5-6-14-22(21)30(35-28)40-32-24-16-8-7-15-23(24)31(36-32)39-29-20-12-4-3-11-19(20)27(34-29)37-25;;/h13-40H,1-12H2,(H,41,42,43)(H,44,45,46)(H,47,48,49)(H,50,51,52);17-40H,1-16H2;;/q;;;+3/p-3. The van der Waals surface area contributed by atoms with Crippen molar-refractivity contribution >= 4 is 75.2 Å². The monoisotopic (exact) mass is 1480 g/mol. The van der Waals surface area contributed by atoms with E-state index in [1.165, 1.54) is 103 Å². The molecule has 34 heteroatoms. The molecule has 28 unspecified atom stereocenters. The Morgan fingerprint density at radius 2 is 0.337 bits per heavy atom. The van der Waals surface area contributed by atoms with E-state index in [4.69, 9.17) is 0 Å². The Hall–Kier alpha value is 0.0649. The van der Waals surface area contributed by atoms with E-state index >= 15 is 0 Å². The minimum absolute atomic E-state index is 0. The van der Waals surface area contributed by atoms with E-state index in [0.29, 0.717) is 61.2 Å². The molecule has 0 aromatic heterocycles. The van der Waals surface area contributed by atoms with Gasteiger partial charge in [-0.15, -0.1) is 0 Å². The Morgan fingerprint density at radius 3 is 0.480 bits per heavy atom. The fraction of sp³-hybridized carbons (Fsp3) is 1.00. The van der Waals surface area contributed by atoms with Gasteiger partial charge in [-0.3, -0.25) is 89.6 Å². The first-order valence-electron chi connectivity index (χ1n) is 38.1. The first-order valence-corrected chi connectivity index (χ1v) is 44.0. The maximum absolute atomic E-state index is 13.4. The second-order valence-corrected chi connectivity index (χ2v) is 39.8. The van der Waals surface area contributed by atoms with Crippen molar-refractivity contribution in [1.82, 2.24) is 85.1 Å². The van der Waals surface area contributed by atoms with E-state index in [2.05, 4.69) is 85.1 Å². The molecule has 17 N–H and O–H groups in total. The smallest absolute Gasteiger partial charge is 0.748 e. The van der Waals surface area contributed by atoms with Crippen LogP contribution in [0.15, 0.2) is 0 Å². The molecule has 0 aromatic rings. The van der Waals surface area contributed by atoms with Crippen molar-refractivity contribution < 1.29 is 51.9 Å². The van der Waals surface area contributed by atoms with Gasteiger partial charge in [-0.25, -0.2) is 25.3 Å². The topological polar surface area (TPSA) is 418 Å². The van der Waals surface area contributed by atoms with Crippen molar-refractivity contribution in [3.05, 3.63) is 0 Å². The second kappa shape index (κ2) is 28.9. The van der Waals surface area contributed by atoms with Crippen molar-refractivity contribution in [2.45, 2.75) is 299 Å². The number of hydrogen-bond acceptors (Lipinski definition) is 27. The molecule has 547 valence electrons. The summed E-state index contributed by atoms with van der Waals surface area (Å²) in [5, 5.41) is 50.4. The summed E-state index contributed by atoms with van der Waals surface area (Å²) in [5.74, 6) is 3.00. The molecule has 8 aliphatic carbocycles. The summed E-state index contributed by atoms with van der Waals surface area (Å²) in [6.45, 7) is 0. The van der Waals surface area contributed by atoms with Gasteiger partial charge in [0.05, 0.1) is 125 Å². The van der Waals surface area contributed by atoms with Gasteiger partial charge in [-0.2, -0.15) is 8.42 Å². The van der Waals surface area contributed by atoms with Crippen molar-refractivity contribution in [2.24, 2.45) is 94.7 Å². The van der Waals surface area contributed by atoms with Crippen LogP contribution in [0.1, 0.15) is 180 Å². The summed E-state index contributed by atoms with van der Waals surface area (Å²) in [4.78, 5) is 0.